The Balaban J connectivity index is 1.36. The third-order valence-electron chi connectivity index (χ3n) is 7.81. The van der Waals surface area contributed by atoms with E-state index in [1.165, 1.54) is 6.07 Å². The molecule has 2 saturated carbocycles. The van der Waals surface area contributed by atoms with Crippen LogP contribution in [0.3, 0.4) is 0 Å². The molecular formula is C28H23F3N6O. The number of fused-ring (bicyclic) bond motifs is 3. The summed E-state index contributed by atoms with van der Waals surface area (Å²) in [5.74, 6) is -0.793. The van der Waals surface area contributed by atoms with Crippen LogP contribution in [0.5, 0.6) is 0 Å². The Morgan fingerprint density at radius 2 is 1.50 bits per heavy atom. The van der Waals surface area contributed by atoms with Crippen molar-refractivity contribution < 1.29 is 18.3 Å². The van der Waals surface area contributed by atoms with Gasteiger partial charge in [0.2, 0.25) is 5.82 Å². The summed E-state index contributed by atoms with van der Waals surface area (Å²) in [6, 6.07) is 19.9. The van der Waals surface area contributed by atoms with Crippen LogP contribution in [0, 0.1) is 5.92 Å². The third-order valence-corrected chi connectivity index (χ3v) is 7.81. The molecule has 5 aromatic rings. The van der Waals surface area contributed by atoms with Crippen molar-refractivity contribution in [2.75, 3.05) is 0 Å². The number of alkyl halides is 3. The lowest BCUT2D eigenvalue weighted by Gasteiger charge is -2.52. The highest BCUT2D eigenvalue weighted by molar-refractivity contribution is 5.86. The standard InChI is InChI=1S/C28H23F3N6O/c29-28(30,31)25-36-35-21-13-12-20-24(37(21)25)34-23(16-4-2-1-3-5-16)22(33-20)17-6-8-18(9-7-17)26(32)14-27(38,15-26)19-10-11-19/h1-9,12-13,19,38H,10-11,14-15,32H2/t26-,27-. The molecule has 0 amide bonds. The summed E-state index contributed by atoms with van der Waals surface area (Å²) < 4.78 is 42.0. The van der Waals surface area contributed by atoms with E-state index in [2.05, 4.69) is 10.2 Å². The molecule has 0 bridgehead atoms. The van der Waals surface area contributed by atoms with Crippen molar-refractivity contribution in [2.45, 2.75) is 43.0 Å². The lowest BCUT2D eigenvalue weighted by atomic mass is 9.60. The quantitative estimate of drug-likeness (QED) is 0.344. The van der Waals surface area contributed by atoms with Gasteiger partial charge in [-0.05, 0) is 49.3 Å². The zero-order valence-electron chi connectivity index (χ0n) is 20.2. The highest BCUT2D eigenvalue weighted by Crippen LogP contribution is 2.57. The van der Waals surface area contributed by atoms with Crippen LogP contribution in [0.25, 0.3) is 39.3 Å². The van der Waals surface area contributed by atoms with E-state index >= 15 is 0 Å². The smallest absolute Gasteiger partial charge is 0.389 e. The summed E-state index contributed by atoms with van der Waals surface area (Å²) in [5, 5.41) is 17.8. The number of benzene rings is 2. The van der Waals surface area contributed by atoms with Crippen molar-refractivity contribution in [3.05, 3.63) is 78.1 Å². The predicted octanol–water partition coefficient (Wildman–Crippen LogP) is 5.11. The summed E-state index contributed by atoms with van der Waals surface area (Å²) in [4.78, 5) is 9.48. The van der Waals surface area contributed by atoms with Crippen LogP contribution in [0.2, 0.25) is 0 Å². The lowest BCUT2D eigenvalue weighted by Crippen LogP contribution is -2.60. The normalized spacial score (nSPS) is 23.6. The van der Waals surface area contributed by atoms with Crippen LogP contribution in [0.15, 0.2) is 66.7 Å². The summed E-state index contributed by atoms with van der Waals surface area (Å²) in [6.07, 6.45) is -1.53. The fraction of sp³-hybridized carbons (Fsp3) is 0.286. The number of halogens is 3. The summed E-state index contributed by atoms with van der Waals surface area (Å²) in [5.41, 5.74) is 9.11. The van der Waals surface area contributed by atoms with Crippen LogP contribution < -0.4 is 5.73 Å². The minimum absolute atomic E-state index is 0.0220. The number of rotatable bonds is 4. The molecule has 2 aromatic carbocycles. The van der Waals surface area contributed by atoms with E-state index in [1.54, 1.807) is 6.07 Å². The maximum Gasteiger partial charge on any atom is 0.452 e. The summed E-state index contributed by atoms with van der Waals surface area (Å²) in [6.45, 7) is 0. The number of aromatic nitrogens is 5. The molecule has 38 heavy (non-hydrogen) atoms. The average molecular weight is 517 g/mol. The minimum Gasteiger partial charge on any atom is -0.389 e. The van der Waals surface area contributed by atoms with Gasteiger partial charge in [0, 0.05) is 16.7 Å². The second kappa shape index (κ2) is 7.81. The number of nitrogens with two attached hydrogens (primary N) is 1. The third kappa shape index (κ3) is 3.58. The van der Waals surface area contributed by atoms with Gasteiger partial charge in [-0.2, -0.15) is 13.2 Å². The van der Waals surface area contributed by atoms with Gasteiger partial charge in [0.25, 0.3) is 0 Å². The van der Waals surface area contributed by atoms with Crippen LogP contribution in [0.4, 0.5) is 13.2 Å². The summed E-state index contributed by atoms with van der Waals surface area (Å²) >= 11 is 0. The molecule has 2 aliphatic rings. The Morgan fingerprint density at radius 3 is 2.16 bits per heavy atom. The van der Waals surface area contributed by atoms with Crippen molar-refractivity contribution in [3.8, 4) is 22.5 Å². The van der Waals surface area contributed by atoms with Gasteiger partial charge >= 0.3 is 6.18 Å². The maximum atomic E-state index is 13.7. The van der Waals surface area contributed by atoms with Crippen molar-refractivity contribution in [3.63, 3.8) is 0 Å². The first kappa shape index (κ1) is 23.2. The topological polar surface area (TPSA) is 102 Å². The van der Waals surface area contributed by atoms with Gasteiger partial charge in [-0.1, -0.05) is 54.6 Å². The molecule has 2 aliphatic carbocycles. The Bertz CT molecular complexity index is 1690. The fourth-order valence-electron chi connectivity index (χ4n) is 5.78. The zero-order chi connectivity index (χ0) is 26.3. The molecule has 3 heterocycles. The minimum atomic E-state index is -4.71. The molecule has 7 rings (SSSR count). The van der Waals surface area contributed by atoms with Crippen molar-refractivity contribution >= 4 is 16.8 Å². The molecule has 2 fully saturated rings. The Morgan fingerprint density at radius 1 is 0.842 bits per heavy atom. The maximum absolute atomic E-state index is 13.7. The van der Waals surface area contributed by atoms with Gasteiger partial charge in [-0.3, -0.25) is 4.40 Å². The molecule has 0 unspecified atom stereocenters. The fourth-order valence-corrected chi connectivity index (χ4v) is 5.78. The number of hydrogen-bond acceptors (Lipinski definition) is 6. The van der Waals surface area contributed by atoms with E-state index in [1.807, 2.05) is 54.6 Å². The molecule has 3 N–H and O–H groups in total. The molecule has 10 heteroatoms. The molecule has 0 spiro atoms. The van der Waals surface area contributed by atoms with Crippen molar-refractivity contribution in [2.24, 2.45) is 11.7 Å². The Hall–Kier alpha value is -3.89. The van der Waals surface area contributed by atoms with Gasteiger partial charge in [0.05, 0.1) is 17.0 Å². The van der Waals surface area contributed by atoms with E-state index in [-0.39, 0.29) is 16.8 Å². The van der Waals surface area contributed by atoms with Crippen LogP contribution in [0.1, 0.15) is 37.1 Å². The monoisotopic (exact) mass is 516 g/mol. The second-order valence-electron chi connectivity index (χ2n) is 10.5. The highest BCUT2D eigenvalue weighted by atomic mass is 19.4. The van der Waals surface area contributed by atoms with Gasteiger partial charge in [-0.15, -0.1) is 10.2 Å². The van der Waals surface area contributed by atoms with E-state index in [0.717, 1.165) is 28.4 Å². The molecule has 0 aliphatic heterocycles. The zero-order valence-corrected chi connectivity index (χ0v) is 20.2. The largest absolute Gasteiger partial charge is 0.452 e. The summed E-state index contributed by atoms with van der Waals surface area (Å²) in [7, 11) is 0. The number of aliphatic hydroxyl groups is 1. The number of pyridine rings is 1. The molecule has 0 atom stereocenters. The average Bonchev–Trinajstić information content (AvgIpc) is 3.65. The van der Waals surface area contributed by atoms with E-state index in [4.69, 9.17) is 15.7 Å². The van der Waals surface area contributed by atoms with E-state index in [9.17, 15) is 18.3 Å². The van der Waals surface area contributed by atoms with Crippen LogP contribution >= 0.6 is 0 Å². The van der Waals surface area contributed by atoms with Crippen molar-refractivity contribution in [1.29, 1.82) is 0 Å². The van der Waals surface area contributed by atoms with Gasteiger partial charge in [0.15, 0.2) is 11.3 Å². The Kier molecular flexibility index (Phi) is 4.78. The van der Waals surface area contributed by atoms with Gasteiger partial charge in [-0.25, -0.2) is 9.97 Å². The molecule has 7 nitrogen and oxygen atoms in total. The van der Waals surface area contributed by atoms with Gasteiger partial charge < -0.3 is 10.8 Å². The van der Waals surface area contributed by atoms with E-state index < -0.39 is 23.1 Å². The van der Waals surface area contributed by atoms with Crippen LogP contribution in [-0.2, 0) is 11.7 Å². The molecule has 0 radical (unpaired) electrons. The Labute approximate surface area is 215 Å². The SMILES string of the molecule is N[C@]1(c2ccc(-c3nc4ccc5nnc(C(F)(F)F)n5c4nc3-c3ccccc3)cc2)C[C@](O)(C2CC2)C1. The first-order chi connectivity index (χ1) is 18.1. The molecule has 192 valence electrons. The molecule has 3 aromatic heterocycles. The van der Waals surface area contributed by atoms with E-state index in [0.29, 0.717) is 35.7 Å². The first-order valence-electron chi connectivity index (χ1n) is 12.5. The molecular weight excluding hydrogens is 493 g/mol. The number of nitrogens with zero attached hydrogens (tertiary/aromatic N) is 5. The van der Waals surface area contributed by atoms with Crippen LogP contribution in [-0.4, -0.2) is 35.3 Å². The molecule has 0 saturated heterocycles. The second-order valence-corrected chi connectivity index (χ2v) is 10.5. The first-order valence-corrected chi connectivity index (χ1v) is 12.5. The van der Waals surface area contributed by atoms with Gasteiger partial charge in [0.1, 0.15) is 5.52 Å². The van der Waals surface area contributed by atoms with Crippen molar-refractivity contribution in [1.82, 2.24) is 24.6 Å². The highest BCUT2D eigenvalue weighted by Gasteiger charge is 2.58. The number of hydrogen-bond donors (Lipinski definition) is 2. The predicted molar refractivity (Wildman–Crippen MR) is 135 cm³/mol. The lowest BCUT2D eigenvalue weighted by molar-refractivity contribution is -0.145.